The van der Waals surface area contributed by atoms with Gasteiger partial charge >= 0.3 is 0 Å². The van der Waals surface area contributed by atoms with Crippen molar-refractivity contribution in [3.8, 4) is 17.2 Å². The first-order chi connectivity index (χ1) is 12.8. The normalized spacial score (nSPS) is 11.3. The van der Waals surface area contributed by atoms with Gasteiger partial charge in [0.15, 0.2) is 0 Å². The monoisotopic (exact) mass is 401 g/mol. The lowest BCUT2D eigenvalue weighted by atomic mass is 10.1. The fourth-order valence-corrected chi connectivity index (χ4v) is 3.30. The van der Waals surface area contributed by atoms with Crippen molar-refractivity contribution in [3.05, 3.63) is 77.3 Å². The number of hydrogen-bond donors (Lipinski definition) is 0. The molecule has 2 heterocycles. The lowest BCUT2D eigenvalue weighted by molar-refractivity contribution is 0.720. The first-order valence-electron chi connectivity index (χ1n) is 8.13. The van der Waals surface area contributed by atoms with E-state index in [0.717, 1.165) is 37.7 Å². The van der Waals surface area contributed by atoms with Gasteiger partial charge in [0.05, 0.1) is 11.2 Å². The lowest BCUT2D eigenvalue weighted by Gasteiger charge is -2.08. The highest BCUT2D eigenvalue weighted by atomic mass is 79.9. The van der Waals surface area contributed by atoms with Crippen LogP contribution in [0.4, 0.5) is 0 Å². The summed E-state index contributed by atoms with van der Waals surface area (Å²) in [6.45, 7) is 0. The quantitative estimate of drug-likeness (QED) is 0.426. The third-order valence-corrected chi connectivity index (χ3v) is 4.65. The Morgan fingerprint density at radius 2 is 1.38 bits per heavy atom. The minimum atomic E-state index is 0.454. The molecule has 3 aromatic carbocycles. The molecule has 0 saturated carbocycles. The predicted octanol–water partition coefficient (Wildman–Crippen LogP) is 4.79. The zero-order valence-electron chi connectivity index (χ0n) is 13.5. The van der Waals surface area contributed by atoms with Crippen LogP contribution in [0.25, 0.3) is 39.1 Å². The van der Waals surface area contributed by atoms with Gasteiger partial charge in [0.2, 0.25) is 0 Å². The summed E-state index contributed by atoms with van der Waals surface area (Å²) in [7, 11) is 0. The zero-order valence-corrected chi connectivity index (χ0v) is 15.1. The molecule has 0 N–H and O–H groups in total. The summed E-state index contributed by atoms with van der Waals surface area (Å²) in [5.74, 6) is 0.454. The Labute approximate surface area is 157 Å². The fourth-order valence-electron chi connectivity index (χ4n) is 2.94. The van der Waals surface area contributed by atoms with Gasteiger partial charge in [-0.05, 0) is 30.3 Å². The topological polar surface area (TPSA) is 56.5 Å². The number of benzene rings is 3. The molecule has 0 spiro atoms. The molecule has 0 aliphatic rings. The summed E-state index contributed by atoms with van der Waals surface area (Å²) in [5, 5.41) is 10.0. The van der Waals surface area contributed by atoms with Crippen molar-refractivity contribution in [3.63, 3.8) is 0 Å². The molecule has 0 radical (unpaired) electrons. The lowest BCUT2D eigenvalue weighted by Crippen LogP contribution is -2.06. The summed E-state index contributed by atoms with van der Waals surface area (Å²) in [5.41, 5.74) is 4.35. The largest absolute Gasteiger partial charge is 0.269 e. The molecule has 5 rings (SSSR count). The van der Waals surface area contributed by atoms with E-state index in [2.05, 4.69) is 31.1 Å². The van der Waals surface area contributed by atoms with Crippen molar-refractivity contribution in [1.82, 2.24) is 25.0 Å². The molecule has 0 bridgehead atoms. The molecule has 0 unspecified atom stereocenters. The molecular weight excluding hydrogens is 390 g/mol. The van der Waals surface area contributed by atoms with E-state index in [1.54, 1.807) is 0 Å². The van der Waals surface area contributed by atoms with E-state index in [9.17, 15) is 0 Å². The number of halogens is 1. The van der Waals surface area contributed by atoms with Crippen LogP contribution in [0.3, 0.4) is 0 Å². The van der Waals surface area contributed by atoms with Gasteiger partial charge in [0, 0.05) is 15.4 Å². The van der Waals surface area contributed by atoms with E-state index in [1.165, 1.54) is 4.80 Å². The number of aromatic nitrogens is 5. The Morgan fingerprint density at radius 1 is 0.692 bits per heavy atom. The van der Waals surface area contributed by atoms with Crippen LogP contribution in [0.2, 0.25) is 0 Å². The van der Waals surface area contributed by atoms with Gasteiger partial charge in [-0.25, -0.2) is 9.97 Å². The minimum Gasteiger partial charge on any atom is -0.210 e. The third kappa shape index (κ3) is 2.55. The molecule has 2 aromatic heterocycles. The summed E-state index contributed by atoms with van der Waals surface area (Å²) in [6.07, 6.45) is 0. The Hall–Kier alpha value is -3.12. The van der Waals surface area contributed by atoms with Crippen LogP contribution < -0.4 is 0 Å². The van der Waals surface area contributed by atoms with Gasteiger partial charge in [0.25, 0.3) is 5.95 Å². The highest BCUT2D eigenvalue weighted by Gasteiger charge is 2.13. The molecule has 0 atom stereocenters. The van der Waals surface area contributed by atoms with E-state index in [4.69, 9.17) is 4.98 Å². The fraction of sp³-hybridized carbons (Fsp3) is 0. The first kappa shape index (κ1) is 15.2. The van der Waals surface area contributed by atoms with Crippen LogP contribution in [0.5, 0.6) is 0 Å². The summed E-state index contributed by atoms with van der Waals surface area (Å²) < 4.78 is 0.987. The van der Waals surface area contributed by atoms with Crippen molar-refractivity contribution in [2.24, 2.45) is 0 Å². The highest BCUT2D eigenvalue weighted by molar-refractivity contribution is 9.10. The van der Waals surface area contributed by atoms with E-state index >= 15 is 0 Å². The molecule has 0 fully saturated rings. The Morgan fingerprint density at radius 3 is 2.12 bits per heavy atom. The van der Waals surface area contributed by atoms with Crippen LogP contribution in [0.15, 0.2) is 77.3 Å². The van der Waals surface area contributed by atoms with Gasteiger partial charge in [-0.2, -0.15) is 0 Å². The van der Waals surface area contributed by atoms with E-state index < -0.39 is 0 Å². The average Bonchev–Trinajstić information content (AvgIpc) is 3.12. The molecule has 0 saturated heterocycles. The molecule has 5 nitrogen and oxygen atoms in total. The van der Waals surface area contributed by atoms with Crippen LogP contribution in [-0.2, 0) is 0 Å². The van der Waals surface area contributed by atoms with Crippen molar-refractivity contribution in [2.45, 2.75) is 0 Å². The number of nitrogens with zero attached hydrogens (tertiary/aromatic N) is 5. The molecular formula is C20H12BrN5. The van der Waals surface area contributed by atoms with E-state index in [0.29, 0.717) is 5.95 Å². The number of fused-ring (bicyclic) bond motifs is 2. The summed E-state index contributed by atoms with van der Waals surface area (Å²) in [4.78, 5) is 11.0. The third-order valence-electron chi connectivity index (χ3n) is 4.16. The van der Waals surface area contributed by atoms with Crippen molar-refractivity contribution in [2.75, 3.05) is 0 Å². The maximum atomic E-state index is 4.78. The maximum absolute atomic E-state index is 4.78. The van der Waals surface area contributed by atoms with Crippen LogP contribution in [0, 0.1) is 0 Å². The van der Waals surface area contributed by atoms with Crippen LogP contribution in [-0.4, -0.2) is 25.0 Å². The van der Waals surface area contributed by atoms with Crippen LogP contribution in [0.1, 0.15) is 0 Å². The van der Waals surface area contributed by atoms with Gasteiger partial charge in [-0.1, -0.05) is 58.4 Å². The van der Waals surface area contributed by atoms with Crippen LogP contribution >= 0.6 is 15.9 Å². The summed E-state index contributed by atoms with van der Waals surface area (Å²) in [6, 6.07) is 23.8. The second-order valence-electron chi connectivity index (χ2n) is 5.88. The molecule has 0 aliphatic carbocycles. The minimum absolute atomic E-state index is 0.454. The van der Waals surface area contributed by atoms with Gasteiger partial charge < -0.3 is 0 Å². The molecule has 124 valence electrons. The van der Waals surface area contributed by atoms with Crippen molar-refractivity contribution >= 4 is 37.9 Å². The Kier molecular flexibility index (Phi) is 3.50. The first-order valence-corrected chi connectivity index (χ1v) is 8.92. The molecule has 5 aromatic rings. The number of hydrogen-bond acceptors (Lipinski definition) is 4. The van der Waals surface area contributed by atoms with E-state index in [1.807, 2.05) is 72.8 Å². The van der Waals surface area contributed by atoms with Gasteiger partial charge in [-0.3, -0.25) is 0 Å². The second-order valence-corrected chi connectivity index (χ2v) is 6.79. The standard InChI is InChI=1S/C20H12BrN5/c21-14-10-11-16-15(12-14)19(13-6-2-1-3-7-13)23-20(22-16)26-24-17-8-4-5-9-18(17)25-26/h1-12H. The summed E-state index contributed by atoms with van der Waals surface area (Å²) >= 11 is 3.54. The average molecular weight is 402 g/mol. The van der Waals surface area contributed by atoms with E-state index in [-0.39, 0.29) is 0 Å². The molecule has 6 heteroatoms. The molecule has 0 aliphatic heterocycles. The SMILES string of the molecule is Brc1ccc2nc(-n3nc4ccccc4n3)nc(-c3ccccc3)c2c1. The van der Waals surface area contributed by atoms with Gasteiger partial charge in [0.1, 0.15) is 11.0 Å². The van der Waals surface area contributed by atoms with Crippen molar-refractivity contribution in [1.29, 1.82) is 0 Å². The molecule has 26 heavy (non-hydrogen) atoms. The maximum Gasteiger partial charge on any atom is 0.269 e. The smallest absolute Gasteiger partial charge is 0.210 e. The highest BCUT2D eigenvalue weighted by Crippen LogP contribution is 2.29. The van der Waals surface area contributed by atoms with Gasteiger partial charge in [-0.15, -0.1) is 15.0 Å². The van der Waals surface area contributed by atoms with Crippen molar-refractivity contribution < 1.29 is 0 Å². The Bertz CT molecular complexity index is 1210. The predicted molar refractivity (Wildman–Crippen MR) is 105 cm³/mol. The molecule has 0 amide bonds. The zero-order chi connectivity index (χ0) is 17.5. The second kappa shape index (κ2) is 6.00. The Balaban J connectivity index is 1.80. The number of rotatable bonds is 2.